The van der Waals surface area contributed by atoms with Crippen LogP contribution in [0.5, 0.6) is 0 Å². The van der Waals surface area contributed by atoms with Gasteiger partial charge in [0, 0.05) is 17.6 Å². The van der Waals surface area contributed by atoms with Crippen molar-refractivity contribution in [1.82, 2.24) is 10.3 Å². The van der Waals surface area contributed by atoms with Crippen LogP contribution in [0.3, 0.4) is 0 Å². The fraction of sp³-hybridized carbons (Fsp3) is 0.438. The van der Waals surface area contributed by atoms with Crippen molar-refractivity contribution in [1.29, 1.82) is 0 Å². The van der Waals surface area contributed by atoms with Crippen LogP contribution >= 0.6 is 0 Å². The van der Waals surface area contributed by atoms with Crippen LogP contribution in [0.4, 0.5) is 0 Å². The van der Waals surface area contributed by atoms with Gasteiger partial charge in [0.1, 0.15) is 6.26 Å². The van der Waals surface area contributed by atoms with E-state index in [-0.39, 0.29) is 5.54 Å². The van der Waals surface area contributed by atoms with Crippen LogP contribution in [0.25, 0.3) is 11.5 Å². The van der Waals surface area contributed by atoms with Crippen LogP contribution in [-0.4, -0.2) is 10.5 Å². The molecule has 0 saturated carbocycles. The first kappa shape index (κ1) is 13.8. The molecule has 2 aromatic rings. The summed E-state index contributed by atoms with van der Waals surface area (Å²) in [5.41, 5.74) is 4.51. The lowest BCUT2D eigenvalue weighted by molar-refractivity contribution is 0.421. The van der Waals surface area contributed by atoms with Gasteiger partial charge in [-0.25, -0.2) is 4.98 Å². The lowest BCUT2D eigenvalue weighted by atomic mass is 10.1. The number of benzene rings is 1. The van der Waals surface area contributed by atoms with E-state index >= 15 is 0 Å². The molecule has 19 heavy (non-hydrogen) atoms. The Morgan fingerprint density at radius 1 is 1.11 bits per heavy atom. The third kappa shape index (κ3) is 3.93. The van der Waals surface area contributed by atoms with Crippen LogP contribution in [0.1, 0.15) is 37.6 Å². The zero-order valence-corrected chi connectivity index (χ0v) is 12.4. The Hall–Kier alpha value is -1.61. The lowest BCUT2D eigenvalue weighted by Crippen LogP contribution is -2.35. The quantitative estimate of drug-likeness (QED) is 0.908. The molecule has 3 nitrogen and oxygen atoms in total. The summed E-state index contributed by atoms with van der Waals surface area (Å²) in [5.74, 6) is 0.692. The van der Waals surface area contributed by atoms with E-state index in [4.69, 9.17) is 4.42 Å². The van der Waals surface area contributed by atoms with Crippen LogP contribution in [0.15, 0.2) is 28.9 Å². The molecular formula is C16H22N2O. The Morgan fingerprint density at radius 2 is 1.74 bits per heavy atom. The highest BCUT2D eigenvalue weighted by Crippen LogP contribution is 2.21. The van der Waals surface area contributed by atoms with Crippen molar-refractivity contribution in [3.05, 3.63) is 41.3 Å². The smallest absolute Gasteiger partial charge is 0.226 e. The monoisotopic (exact) mass is 258 g/mol. The maximum absolute atomic E-state index is 5.57. The Bertz CT molecular complexity index is 544. The number of rotatable bonds is 3. The fourth-order valence-corrected chi connectivity index (χ4v) is 1.97. The van der Waals surface area contributed by atoms with Crippen molar-refractivity contribution in [3.8, 4) is 11.5 Å². The van der Waals surface area contributed by atoms with E-state index in [2.05, 4.69) is 63.1 Å². The first-order valence-electron chi connectivity index (χ1n) is 6.61. The topological polar surface area (TPSA) is 38.1 Å². The number of oxazole rings is 1. The second-order valence-corrected chi connectivity index (χ2v) is 6.12. The van der Waals surface area contributed by atoms with E-state index in [0.717, 1.165) is 17.8 Å². The molecule has 2 rings (SSSR count). The van der Waals surface area contributed by atoms with Gasteiger partial charge in [-0.2, -0.15) is 0 Å². The molecular weight excluding hydrogens is 236 g/mol. The van der Waals surface area contributed by atoms with E-state index in [1.807, 2.05) is 0 Å². The average molecular weight is 258 g/mol. The van der Waals surface area contributed by atoms with Crippen molar-refractivity contribution in [2.24, 2.45) is 0 Å². The standard InChI is InChI=1S/C16H22N2O/c1-11-6-12(2)8-13(7-11)15-18-14(10-19-15)9-17-16(3,4)5/h6-8,10,17H,9H2,1-5H3. The zero-order valence-electron chi connectivity index (χ0n) is 12.4. The van der Waals surface area contributed by atoms with Gasteiger partial charge in [0.25, 0.3) is 0 Å². The normalized spacial score (nSPS) is 11.8. The van der Waals surface area contributed by atoms with Crippen molar-refractivity contribution in [2.45, 2.75) is 46.7 Å². The summed E-state index contributed by atoms with van der Waals surface area (Å²) in [6.07, 6.45) is 1.73. The van der Waals surface area contributed by atoms with E-state index in [0.29, 0.717) is 5.89 Å². The van der Waals surface area contributed by atoms with E-state index in [1.165, 1.54) is 11.1 Å². The van der Waals surface area contributed by atoms with Gasteiger partial charge >= 0.3 is 0 Å². The third-order valence-corrected chi connectivity index (χ3v) is 2.82. The first-order chi connectivity index (χ1) is 8.83. The van der Waals surface area contributed by atoms with Crippen LogP contribution < -0.4 is 5.32 Å². The highest BCUT2D eigenvalue weighted by molar-refractivity contribution is 5.56. The summed E-state index contributed by atoms with van der Waals surface area (Å²) in [6.45, 7) is 11.3. The molecule has 0 aliphatic heterocycles. The number of nitrogens with one attached hydrogen (secondary N) is 1. The SMILES string of the molecule is Cc1cc(C)cc(-c2nc(CNC(C)(C)C)co2)c1. The molecule has 1 aromatic carbocycles. The van der Waals surface area contributed by atoms with E-state index in [1.54, 1.807) is 6.26 Å². The van der Waals surface area contributed by atoms with Crippen molar-refractivity contribution < 1.29 is 4.42 Å². The largest absolute Gasteiger partial charge is 0.444 e. The van der Waals surface area contributed by atoms with Gasteiger partial charge in [0.2, 0.25) is 5.89 Å². The Labute approximate surface area is 115 Å². The second kappa shape index (κ2) is 5.17. The maximum Gasteiger partial charge on any atom is 0.226 e. The molecule has 0 unspecified atom stereocenters. The van der Waals surface area contributed by atoms with E-state index in [9.17, 15) is 0 Å². The lowest BCUT2D eigenvalue weighted by Gasteiger charge is -2.19. The maximum atomic E-state index is 5.57. The number of aromatic nitrogens is 1. The molecule has 0 atom stereocenters. The molecule has 102 valence electrons. The molecule has 0 aliphatic rings. The van der Waals surface area contributed by atoms with Crippen molar-refractivity contribution in [2.75, 3.05) is 0 Å². The minimum absolute atomic E-state index is 0.0824. The third-order valence-electron chi connectivity index (χ3n) is 2.82. The molecule has 0 saturated heterocycles. The molecule has 0 amide bonds. The van der Waals surface area contributed by atoms with Gasteiger partial charge < -0.3 is 9.73 Å². The Morgan fingerprint density at radius 3 is 2.32 bits per heavy atom. The second-order valence-electron chi connectivity index (χ2n) is 6.12. The number of hydrogen-bond acceptors (Lipinski definition) is 3. The Kier molecular flexibility index (Phi) is 3.76. The van der Waals surface area contributed by atoms with Gasteiger partial charge in [-0.3, -0.25) is 0 Å². The minimum atomic E-state index is 0.0824. The van der Waals surface area contributed by atoms with Crippen LogP contribution in [0.2, 0.25) is 0 Å². The van der Waals surface area contributed by atoms with Gasteiger partial charge in [0.15, 0.2) is 0 Å². The average Bonchev–Trinajstić information content (AvgIpc) is 2.72. The van der Waals surface area contributed by atoms with Gasteiger partial charge in [-0.1, -0.05) is 17.2 Å². The van der Waals surface area contributed by atoms with E-state index < -0.39 is 0 Å². The van der Waals surface area contributed by atoms with Gasteiger partial charge in [-0.05, 0) is 46.8 Å². The molecule has 0 bridgehead atoms. The molecule has 0 aliphatic carbocycles. The highest BCUT2D eigenvalue weighted by atomic mass is 16.3. The zero-order chi connectivity index (χ0) is 14.0. The fourth-order valence-electron chi connectivity index (χ4n) is 1.97. The number of hydrogen-bond donors (Lipinski definition) is 1. The molecule has 0 spiro atoms. The van der Waals surface area contributed by atoms with Crippen LogP contribution in [-0.2, 0) is 6.54 Å². The number of nitrogens with zero attached hydrogens (tertiary/aromatic N) is 1. The summed E-state index contributed by atoms with van der Waals surface area (Å²) in [4.78, 5) is 4.54. The molecule has 1 N–H and O–H groups in total. The van der Waals surface area contributed by atoms with Crippen molar-refractivity contribution >= 4 is 0 Å². The summed E-state index contributed by atoms with van der Waals surface area (Å²) in [5, 5.41) is 3.40. The van der Waals surface area contributed by atoms with Gasteiger partial charge in [-0.15, -0.1) is 0 Å². The van der Waals surface area contributed by atoms with Crippen LogP contribution in [0, 0.1) is 13.8 Å². The highest BCUT2D eigenvalue weighted by Gasteiger charge is 2.12. The first-order valence-corrected chi connectivity index (χ1v) is 6.61. The predicted octanol–water partition coefficient (Wildman–Crippen LogP) is 3.85. The predicted molar refractivity (Wildman–Crippen MR) is 78.0 cm³/mol. The summed E-state index contributed by atoms with van der Waals surface area (Å²) < 4.78 is 5.57. The van der Waals surface area contributed by atoms with Crippen molar-refractivity contribution in [3.63, 3.8) is 0 Å². The minimum Gasteiger partial charge on any atom is -0.444 e. The summed E-state index contributed by atoms with van der Waals surface area (Å²) in [7, 11) is 0. The van der Waals surface area contributed by atoms with Gasteiger partial charge in [0.05, 0.1) is 5.69 Å². The molecule has 1 aromatic heterocycles. The molecule has 0 fully saturated rings. The summed E-state index contributed by atoms with van der Waals surface area (Å²) in [6, 6.07) is 6.34. The molecule has 0 radical (unpaired) electrons. The molecule has 1 heterocycles. The molecule has 3 heteroatoms. The summed E-state index contributed by atoms with van der Waals surface area (Å²) >= 11 is 0. The number of aryl methyl sites for hydroxylation is 2. The Balaban J connectivity index is 2.16.